The Morgan fingerprint density at radius 3 is 2.55 bits per heavy atom. The third-order valence-electron chi connectivity index (χ3n) is 3.11. The SMILES string of the molecule is CN=C(NCc1csc(C(C)C)n1)NCc1sccc1C.I. The van der Waals surface area contributed by atoms with Gasteiger partial charge in [-0.3, -0.25) is 4.99 Å². The first kappa shape index (κ1) is 19.4. The number of nitrogens with zero attached hydrogens (tertiary/aromatic N) is 2. The summed E-state index contributed by atoms with van der Waals surface area (Å²) in [7, 11) is 1.79. The molecule has 0 saturated heterocycles. The quantitative estimate of drug-likeness (QED) is 0.410. The van der Waals surface area contributed by atoms with Crippen LogP contribution in [0.2, 0.25) is 0 Å². The normalized spacial score (nSPS) is 11.4. The molecule has 2 rings (SSSR count). The summed E-state index contributed by atoms with van der Waals surface area (Å²) in [6.45, 7) is 7.97. The Hall–Kier alpha value is -0.670. The van der Waals surface area contributed by atoms with Crippen LogP contribution in [0, 0.1) is 6.92 Å². The van der Waals surface area contributed by atoms with Gasteiger partial charge in [0.25, 0.3) is 0 Å². The zero-order chi connectivity index (χ0) is 15.2. The number of hydrogen-bond donors (Lipinski definition) is 2. The van der Waals surface area contributed by atoms with Gasteiger partial charge in [0.1, 0.15) is 0 Å². The van der Waals surface area contributed by atoms with Crippen molar-refractivity contribution in [2.75, 3.05) is 7.05 Å². The predicted molar refractivity (Wildman–Crippen MR) is 108 cm³/mol. The van der Waals surface area contributed by atoms with Crippen molar-refractivity contribution in [2.45, 2.75) is 39.8 Å². The molecule has 7 heteroatoms. The number of nitrogens with one attached hydrogen (secondary N) is 2. The van der Waals surface area contributed by atoms with Crippen molar-refractivity contribution < 1.29 is 0 Å². The molecular formula is C15H23IN4S2. The van der Waals surface area contributed by atoms with E-state index < -0.39 is 0 Å². The van der Waals surface area contributed by atoms with Gasteiger partial charge < -0.3 is 10.6 Å². The molecule has 0 bridgehead atoms. The molecule has 0 radical (unpaired) electrons. The second-order valence-electron chi connectivity index (χ2n) is 5.14. The summed E-state index contributed by atoms with van der Waals surface area (Å²) >= 11 is 3.49. The number of aromatic nitrogens is 1. The van der Waals surface area contributed by atoms with Gasteiger partial charge in [0.2, 0.25) is 0 Å². The molecule has 0 aliphatic carbocycles. The second kappa shape index (κ2) is 9.46. The van der Waals surface area contributed by atoms with Crippen LogP contribution < -0.4 is 10.6 Å². The number of rotatable bonds is 5. The number of guanidine groups is 1. The molecule has 4 nitrogen and oxygen atoms in total. The molecule has 0 aliphatic heterocycles. The Bertz CT molecular complexity index is 604. The van der Waals surface area contributed by atoms with Crippen LogP contribution in [0.25, 0.3) is 0 Å². The zero-order valence-electron chi connectivity index (χ0n) is 13.3. The highest BCUT2D eigenvalue weighted by Gasteiger charge is 2.07. The maximum atomic E-state index is 4.62. The molecule has 0 spiro atoms. The Kier molecular flexibility index (Phi) is 8.34. The third-order valence-corrected chi connectivity index (χ3v) is 5.33. The van der Waals surface area contributed by atoms with E-state index in [1.54, 1.807) is 29.7 Å². The number of aliphatic imine (C=N–C) groups is 1. The van der Waals surface area contributed by atoms with Crippen molar-refractivity contribution in [3.05, 3.63) is 38.0 Å². The molecule has 0 amide bonds. The summed E-state index contributed by atoms with van der Waals surface area (Å²) in [5.41, 5.74) is 2.39. The molecule has 0 atom stereocenters. The van der Waals surface area contributed by atoms with Crippen molar-refractivity contribution in [2.24, 2.45) is 4.99 Å². The maximum Gasteiger partial charge on any atom is 0.191 e. The van der Waals surface area contributed by atoms with E-state index in [0.29, 0.717) is 12.5 Å². The maximum absolute atomic E-state index is 4.62. The van der Waals surface area contributed by atoms with Gasteiger partial charge in [-0.25, -0.2) is 4.98 Å². The molecule has 0 saturated carbocycles. The average molecular weight is 450 g/mol. The fraction of sp³-hybridized carbons (Fsp3) is 0.467. The topological polar surface area (TPSA) is 49.3 Å². The van der Waals surface area contributed by atoms with Gasteiger partial charge in [-0.05, 0) is 23.9 Å². The average Bonchev–Trinajstić information content (AvgIpc) is 3.08. The van der Waals surface area contributed by atoms with Gasteiger partial charge in [0, 0.05) is 23.2 Å². The summed E-state index contributed by atoms with van der Waals surface area (Å²) in [6, 6.07) is 2.14. The first-order valence-corrected chi connectivity index (χ1v) is 8.78. The first-order valence-electron chi connectivity index (χ1n) is 7.02. The lowest BCUT2D eigenvalue weighted by atomic mass is 10.2. The minimum absolute atomic E-state index is 0. The minimum atomic E-state index is 0. The molecule has 2 aromatic rings. The lowest BCUT2D eigenvalue weighted by Gasteiger charge is -2.10. The first-order chi connectivity index (χ1) is 10.1. The standard InChI is InChI=1S/C15H22N4S2.HI/c1-10(2)14-19-12(9-21-14)7-17-15(16-4)18-8-13-11(3)5-6-20-13;/h5-6,9-10H,7-8H2,1-4H3,(H2,16,17,18);1H. The molecule has 122 valence electrons. The number of aryl methyl sites for hydroxylation is 1. The lowest BCUT2D eigenvalue weighted by molar-refractivity contribution is 0.786. The molecule has 22 heavy (non-hydrogen) atoms. The van der Waals surface area contributed by atoms with E-state index in [1.807, 2.05) is 0 Å². The van der Waals surface area contributed by atoms with E-state index in [9.17, 15) is 0 Å². The highest BCUT2D eigenvalue weighted by Crippen LogP contribution is 2.19. The molecule has 0 aliphatic rings. The fourth-order valence-corrected chi connectivity index (χ4v) is 3.49. The highest BCUT2D eigenvalue weighted by atomic mass is 127. The van der Waals surface area contributed by atoms with E-state index in [2.05, 4.69) is 58.2 Å². The molecule has 0 unspecified atom stereocenters. The molecule has 2 heterocycles. The smallest absolute Gasteiger partial charge is 0.191 e. The van der Waals surface area contributed by atoms with Crippen molar-refractivity contribution in [3.8, 4) is 0 Å². The summed E-state index contributed by atoms with van der Waals surface area (Å²) in [6.07, 6.45) is 0. The fourth-order valence-electron chi connectivity index (χ4n) is 1.81. The minimum Gasteiger partial charge on any atom is -0.352 e. The van der Waals surface area contributed by atoms with E-state index in [0.717, 1.165) is 18.2 Å². The Morgan fingerprint density at radius 1 is 1.27 bits per heavy atom. The van der Waals surface area contributed by atoms with Gasteiger partial charge in [-0.1, -0.05) is 13.8 Å². The van der Waals surface area contributed by atoms with Crippen LogP contribution in [-0.2, 0) is 13.1 Å². The van der Waals surface area contributed by atoms with Crippen LogP contribution in [0.3, 0.4) is 0 Å². The molecular weight excluding hydrogens is 427 g/mol. The largest absolute Gasteiger partial charge is 0.352 e. The molecule has 0 fully saturated rings. The third kappa shape index (κ3) is 5.51. The van der Waals surface area contributed by atoms with E-state index in [-0.39, 0.29) is 24.0 Å². The van der Waals surface area contributed by atoms with Gasteiger partial charge in [-0.15, -0.1) is 46.7 Å². The Balaban J connectivity index is 0.00000242. The van der Waals surface area contributed by atoms with Gasteiger partial charge in [0.05, 0.1) is 23.8 Å². The number of hydrogen-bond acceptors (Lipinski definition) is 4. The van der Waals surface area contributed by atoms with Gasteiger partial charge in [-0.2, -0.15) is 0 Å². The lowest BCUT2D eigenvalue weighted by Crippen LogP contribution is -2.36. The van der Waals surface area contributed by atoms with E-state index in [4.69, 9.17) is 0 Å². The molecule has 2 aromatic heterocycles. The van der Waals surface area contributed by atoms with Crippen molar-refractivity contribution in [1.82, 2.24) is 15.6 Å². The molecule has 2 N–H and O–H groups in total. The van der Waals surface area contributed by atoms with E-state index >= 15 is 0 Å². The summed E-state index contributed by atoms with van der Waals surface area (Å²) in [5, 5.41) is 12.1. The summed E-state index contributed by atoms with van der Waals surface area (Å²) in [5.74, 6) is 1.30. The van der Waals surface area contributed by atoms with Crippen LogP contribution in [-0.4, -0.2) is 18.0 Å². The van der Waals surface area contributed by atoms with Gasteiger partial charge >= 0.3 is 0 Å². The predicted octanol–water partition coefficient (Wildman–Crippen LogP) is 4.12. The van der Waals surface area contributed by atoms with Crippen LogP contribution in [0.4, 0.5) is 0 Å². The highest BCUT2D eigenvalue weighted by molar-refractivity contribution is 14.0. The Morgan fingerprint density at radius 2 is 2.00 bits per heavy atom. The second-order valence-corrected chi connectivity index (χ2v) is 7.03. The number of halogens is 1. The van der Waals surface area contributed by atoms with Crippen molar-refractivity contribution in [3.63, 3.8) is 0 Å². The summed E-state index contributed by atoms with van der Waals surface area (Å²) in [4.78, 5) is 10.2. The number of thiazole rings is 1. The number of thiophene rings is 1. The van der Waals surface area contributed by atoms with E-state index in [1.165, 1.54) is 15.4 Å². The van der Waals surface area contributed by atoms with Crippen molar-refractivity contribution in [1.29, 1.82) is 0 Å². The van der Waals surface area contributed by atoms with Crippen LogP contribution in [0.15, 0.2) is 21.8 Å². The van der Waals surface area contributed by atoms with Gasteiger partial charge in [0.15, 0.2) is 5.96 Å². The molecule has 0 aromatic carbocycles. The monoisotopic (exact) mass is 450 g/mol. The van der Waals surface area contributed by atoms with Crippen LogP contribution in [0.1, 0.15) is 40.9 Å². The summed E-state index contributed by atoms with van der Waals surface area (Å²) < 4.78 is 0. The van der Waals surface area contributed by atoms with Crippen LogP contribution >= 0.6 is 46.7 Å². The zero-order valence-corrected chi connectivity index (χ0v) is 17.3. The van der Waals surface area contributed by atoms with Crippen LogP contribution in [0.5, 0.6) is 0 Å². The Labute approximate surface area is 157 Å². The van der Waals surface area contributed by atoms with Crippen molar-refractivity contribution >= 4 is 52.6 Å².